The van der Waals surface area contributed by atoms with Gasteiger partial charge < -0.3 is 15.2 Å². The monoisotopic (exact) mass is 330 g/mol. The molecule has 0 amide bonds. The molecule has 1 aromatic carbocycles. The zero-order valence-corrected chi connectivity index (χ0v) is 13.9. The van der Waals surface area contributed by atoms with Gasteiger partial charge in [0, 0.05) is 26.6 Å². The van der Waals surface area contributed by atoms with Gasteiger partial charge in [0.15, 0.2) is 11.8 Å². The van der Waals surface area contributed by atoms with Crippen LogP contribution in [0.3, 0.4) is 0 Å². The number of halogens is 1. The Labute approximate surface area is 141 Å². The lowest BCUT2D eigenvalue weighted by atomic mass is 10.1. The highest BCUT2D eigenvalue weighted by atomic mass is 19.1. The first-order valence-corrected chi connectivity index (χ1v) is 8.37. The van der Waals surface area contributed by atoms with Gasteiger partial charge in [-0.25, -0.2) is 4.39 Å². The third kappa shape index (κ3) is 3.90. The summed E-state index contributed by atoms with van der Waals surface area (Å²) in [4.78, 5) is 4.20. The maximum Gasteiger partial charge on any atom is 0.191 e. The number of rotatable bonds is 5. The van der Waals surface area contributed by atoms with Crippen molar-refractivity contribution in [3.63, 3.8) is 0 Å². The number of fused-ring (bicyclic) bond motifs is 1. The topological polar surface area (TPSA) is 67.1 Å². The Morgan fingerprint density at radius 1 is 1.25 bits per heavy atom. The van der Waals surface area contributed by atoms with Crippen LogP contribution in [0.2, 0.25) is 0 Å². The average Bonchev–Trinajstić information content (AvgIpc) is 3.03. The molecule has 2 N–H and O–H groups in total. The van der Waals surface area contributed by atoms with Crippen LogP contribution in [0, 0.1) is 5.82 Å². The molecule has 0 saturated carbocycles. The average molecular weight is 330 g/mol. The quantitative estimate of drug-likeness (QED) is 0.646. The second-order valence-electron chi connectivity index (χ2n) is 5.84. The van der Waals surface area contributed by atoms with E-state index in [4.69, 9.17) is 0 Å². The van der Waals surface area contributed by atoms with E-state index in [2.05, 4.69) is 30.4 Å². The predicted octanol–water partition coefficient (Wildman–Crippen LogP) is 1.66. The standard InChI is InChI=1S/C17H23FN6/c1-19-17(20-10-9-13-6-2-3-7-14(13)18)21-12-16-23-22-15-8-4-5-11-24(15)16/h2-3,6-7H,4-5,8-12H2,1H3,(H2,19,20,21). The fraction of sp³-hybridized carbons (Fsp3) is 0.471. The highest BCUT2D eigenvalue weighted by molar-refractivity contribution is 5.79. The van der Waals surface area contributed by atoms with E-state index in [9.17, 15) is 4.39 Å². The molecule has 1 aliphatic heterocycles. The summed E-state index contributed by atoms with van der Waals surface area (Å²) in [6.45, 7) is 2.17. The second kappa shape index (κ2) is 7.90. The molecule has 6 nitrogen and oxygen atoms in total. The molecule has 128 valence electrons. The van der Waals surface area contributed by atoms with Crippen LogP contribution in [0.15, 0.2) is 29.3 Å². The van der Waals surface area contributed by atoms with E-state index in [-0.39, 0.29) is 5.82 Å². The van der Waals surface area contributed by atoms with E-state index in [1.165, 1.54) is 18.9 Å². The molecule has 7 heteroatoms. The van der Waals surface area contributed by atoms with Gasteiger partial charge in [-0.2, -0.15) is 0 Å². The van der Waals surface area contributed by atoms with Crippen molar-refractivity contribution in [3.05, 3.63) is 47.3 Å². The van der Waals surface area contributed by atoms with Crippen LogP contribution in [-0.4, -0.2) is 34.3 Å². The van der Waals surface area contributed by atoms with Gasteiger partial charge in [-0.3, -0.25) is 4.99 Å². The Morgan fingerprint density at radius 2 is 2.12 bits per heavy atom. The first kappa shape index (κ1) is 16.4. The van der Waals surface area contributed by atoms with Gasteiger partial charge in [0.1, 0.15) is 11.6 Å². The van der Waals surface area contributed by atoms with Crippen molar-refractivity contribution in [1.82, 2.24) is 25.4 Å². The summed E-state index contributed by atoms with van der Waals surface area (Å²) in [5, 5.41) is 15.0. The van der Waals surface area contributed by atoms with E-state index < -0.39 is 0 Å². The summed E-state index contributed by atoms with van der Waals surface area (Å²) in [5.41, 5.74) is 0.701. The maximum atomic E-state index is 13.6. The minimum Gasteiger partial charge on any atom is -0.356 e. The molecule has 1 aromatic heterocycles. The first-order chi connectivity index (χ1) is 11.8. The minimum atomic E-state index is -0.169. The Balaban J connectivity index is 1.49. The van der Waals surface area contributed by atoms with Gasteiger partial charge in [0.25, 0.3) is 0 Å². The fourth-order valence-electron chi connectivity index (χ4n) is 2.90. The predicted molar refractivity (Wildman–Crippen MR) is 91.3 cm³/mol. The molecule has 0 atom stereocenters. The SMILES string of the molecule is CN=C(NCCc1ccccc1F)NCc1nnc2n1CCCC2. The third-order valence-electron chi connectivity index (χ3n) is 4.22. The summed E-state index contributed by atoms with van der Waals surface area (Å²) in [7, 11) is 1.72. The van der Waals surface area contributed by atoms with E-state index in [0.29, 0.717) is 31.0 Å². The number of aliphatic imine (C=N–C) groups is 1. The lowest BCUT2D eigenvalue weighted by molar-refractivity contribution is 0.504. The van der Waals surface area contributed by atoms with E-state index >= 15 is 0 Å². The van der Waals surface area contributed by atoms with Gasteiger partial charge in [0.2, 0.25) is 0 Å². The fourth-order valence-corrected chi connectivity index (χ4v) is 2.90. The van der Waals surface area contributed by atoms with Crippen LogP contribution < -0.4 is 10.6 Å². The van der Waals surface area contributed by atoms with Crippen molar-refractivity contribution in [1.29, 1.82) is 0 Å². The van der Waals surface area contributed by atoms with Crippen molar-refractivity contribution >= 4 is 5.96 Å². The Hall–Kier alpha value is -2.44. The summed E-state index contributed by atoms with van der Waals surface area (Å²) in [6, 6.07) is 6.83. The number of benzene rings is 1. The number of aryl methyl sites for hydroxylation is 1. The lowest BCUT2D eigenvalue weighted by Crippen LogP contribution is -2.38. The summed E-state index contributed by atoms with van der Waals surface area (Å²) < 4.78 is 15.8. The summed E-state index contributed by atoms with van der Waals surface area (Å²) in [5.74, 6) is 2.51. The van der Waals surface area contributed by atoms with Gasteiger partial charge >= 0.3 is 0 Å². The normalized spacial score (nSPS) is 14.3. The van der Waals surface area contributed by atoms with E-state index in [1.807, 2.05) is 6.07 Å². The molecule has 0 aliphatic carbocycles. The molecule has 0 radical (unpaired) electrons. The molecule has 0 unspecified atom stereocenters. The number of aromatic nitrogens is 3. The van der Waals surface area contributed by atoms with E-state index in [1.54, 1.807) is 19.2 Å². The smallest absolute Gasteiger partial charge is 0.191 e. The summed E-state index contributed by atoms with van der Waals surface area (Å²) >= 11 is 0. The number of guanidine groups is 1. The molecule has 2 aromatic rings. The minimum absolute atomic E-state index is 0.169. The Kier molecular flexibility index (Phi) is 5.40. The van der Waals surface area contributed by atoms with Gasteiger partial charge in [0.05, 0.1) is 6.54 Å². The number of hydrogen-bond acceptors (Lipinski definition) is 3. The zero-order chi connectivity index (χ0) is 16.8. The van der Waals surface area contributed by atoms with E-state index in [0.717, 1.165) is 24.6 Å². The van der Waals surface area contributed by atoms with Gasteiger partial charge in [-0.1, -0.05) is 18.2 Å². The number of nitrogens with zero attached hydrogens (tertiary/aromatic N) is 4. The lowest BCUT2D eigenvalue weighted by Gasteiger charge is -2.16. The largest absolute Gasteiger partial charge is 0.356 e. The molecule has 1 aliphatic rings. The Bertz CT molecular complexity index is 709. The van der Waals surface area contributed by atoms with Crippen molar-refractivity contribution in [3.8, 4) is 0 Å². The molecule has 24 heavy (non-hydrogen) atoms. The van der Waals surface area contributed by atoms with Crippen LogP contribution in [0.4, 0.5) is 4.39 Å². The molecule has 0 spiro atoms. The zero-order valence-electron chi connectivity index (χ0n) is 13.9. The van der Waals surface area contributed by atoms with Crippen molar-refractivity contribution in [2.75, 3.05) is 13.6 Å². The van der Waals surface area contributed by atoms with Crippen LogP contribution in [0.1, 0.15) is 30.1 Å². The Morgan fingerprint density at radius 3 is 2.96 bits per heavy atom. The third-order valence-corrected chi connectivity index (χ3v) is 4.22. The van der Waals surface area contributed by atoms with Crippen LogP contribution in [0.25, 0.3) is 0 Å². The maximum absolute atomic E-state index is 13.6. The summed E-state index contributed by atoms with van der Waals surface area (Å²) in [6.07, 6.45) is 3.97. The van der Waals surface area contributed by atoms with Crippen LogP contribution in [-0.2, 0) is 25.9 Å². The van der Waals surface area contributed by atoms with Gasteiger partial charge in [-0.15, -0.1) is 10.2 Å². The molecule has 2 heterocycles. The molecule has 0 saturated heterocycles. The highest BCUT2D eigenvalue weighted by Gasteiger charge is 2.15. The van der Waals surface area contributed by atoms with Crippen LogP contribution >= 0.6 is 0 Å². The van der Waals surface area contributed by atoms with Crippen molar-refractivity contribution in [2.24, 2.45) is 4.99 Å². The molecule has 0 fully saturated rings. The van der Waals surface area contributed by atoms with Gasteiger partial charge in [-0.05, 0) is 30.9 Å². The molecule has 3 rings (SSSR count). The molecular weight excluding hydrogens is 307 g/mol. The van der Waals surface area contributed by atoms with Crippen LogP contribution in [0.5, 0.6) is 0 Å². The van der Waals surface area contributed by atoms with Crippen molar-refractivity contribution < 1.29 is 4.39 Å². The molecule has 0 bridgehead atoms. The number of hydrogen-bond donors (Lipinski definition) is 2. The number of nitrogens with one attached hydrogen (secondary N) is 2. The highest BCUT2D eigenvalue weighted by Crippen LogP contribution is 2.13. The second-order valence-corrected chi connectivity index (χ2v) is 5.84. The van der Waals surface area contributed by atoms with Crippen molar-refractivity contribution in [2.45, 2.75) is 38.8 Å². The first-order valence-electron chi connectivity index (χ1n) is 8.37. The molecular formula is C17H23FN6.